The fourth-order valence-corrected chi connectivity index (χ4v) is 2.25. The normalized spacial score (nSPS) is 23.4. The zero-order valence-corrected chi connectivity index (χ0v) is 10.0. The van der Waals surface area contributed by atoms with Gasteiger partial charge in [0, 0.05) is 12.0 Å². The maximum atomic E-state index is 12.1. The van der Waals surface area contributed by atoms with E-state index in [1.54, 1.807) is 0 Å². The van der Waals surface area contributed by atoms with Crippen molar-refractivity contribution in [3.05, 3.63) is 0 Å². The summed E-state index contributed by atoms with van der Waals surface area (Å²) in [5, 5.41) is 17.4. The molecule has 0 aromatic rings. The Labute approximate surface area is 105 Å². The number of carbonyl (C=O) groups excluding carboxylic acids is 1. The van der Waals surface area contributed by atoms with Crippen molar-refractivity contribution < 1.29 is 24.6 Å². The minimum absolute atomic E-state index is 0.0655. The Morgan fingerprint density at radius 2 is 1.67 bits per heavy atom. The molecule has 7 heteroatoms. The van der Waals surface area contributed by atoms with Crippen LogP contribution >= 0.6 is 0 Å². The number of hydrogen-bond acceptors (Lipinski definition) is 4. The Morgan fingerprint density at radius 3 is 2.11 bits per heavy atom. The van der Waals surface area contributed by atoms with E-state index in [-0.39, 0.29) is 12.0 Å². The molecule has 1 amide bonds. The van der Waals surface area contributed by atoms with Gasteiger partial charge in [-0.05, 0) is 19.3 Å². The molecule has 18 heavy (non-hydrogen) atoms. The standard InChI is InChI=1S/C11H18N2O5/c12-8-3-1-2-7(4-8)11(18)13(5-9(14)15)6-10(16)17/h7-8H,1-6,12H2,(H,14,15)(H,16,17). The zero-order chi connectivity index (χ0) is 13.7. The summed E-state index contributed by atoms with van der Waals surface area (Å²) in [7, 11) is 0. The molecule has 0 aliphatic heterocycles. The van der Waals surface area contributed by atoms with Gasteiger partial charge < -0.3 is 20.8 Å². The molecule has 1 rings (SSSR count). The predicted octanol–water partition coefficient (Wildman–Crippen LogP) is -0.498. The van der Waals surface area contributed by atoms with Crippen LogP contribution in [0.2, 0.25) is 0 Å². The van der Waals surface area contributed by atoms with Crippen LogP contribution in [-0.4, -0.2) is 52.1 Å². The molecular formula is C11H18N2O5. The molecule has 1 fully saturated rings. The Balaban J connectivity index is 2.67. The number of aliphatic carboxylic acids is 2. The number of carboxylic acids is 2. The van der Waals surface area contributed by atoms with E-state index >= 15 is 0 Å². The second-order valence-corrected chi connectivity index (χ2v) is 4.61. The van der Waals surface area contributed by atoms with E-state index in [4.69, 9.17) is 15.9 Å². The van der Waals surface area contributed by atoms with Gasteiger partial charge in [0.2, 0.25) is 5.91 Å². The predicted molar refractivity (Wildman–Crippen MR) is 61.8 cm³/mol. The number of hydrogen-bond donors (Lipinski definition) is 3. The van der Waals surface area contributed by atoms with Gasteiger partial charge in [0.05, 0.1) is 0 Å². The third-order valence-electron chi connectivity index (χ3n) is 3.03. The highest BCUT2D eigenvalue weighted by Crippen LogP contribution is 2.24. The van der Waals surface area contributed by atoms with E-state index in [1.165, 1.54) is 0 Å². The lowest BCUT2D eigenvalue weighted by atomic mass is 9.85. The minimum atomic E-state index is -1.22. The van der Waals surface area contributed by atoms with Crippen molar-refractivity contribution in [3.63, 3.8) is 0 Å². The lowest BCUT2D eigenvalue weighted by molar-refractivity contribution is -0.151. The van der Waals surface area contributed by atoms with Gasteiger partial charge in [-0.25, -0.2) is 0 Å². The molecule has 0 bridgehead atoms. The molecule has 2 atom stereocenters. The first-order valence-electron chi connectivity index (χ1n) is 5.88. The summed E-state index contributed by atoms with van der Waals surface area (Å²) in [5.41, 5.74) is 5.76. The minimum Gasteiger partial charge on any atom is -0.480 e. The van der Waals surface area contributed by atoms with Crippen LogP contribution in [0.3, 0.4) is 0 Å². The molecule has 1 aliphatic rings. The van der Waals surface area contributed by atoms with Gasteiger partial charge in [-0.1, -0.05) is 6.42 Å². The molecule has 0 saturated heterocycles. The van der Waals surface area contributed by atoms with Crippen molar-refractivity contribution in [1.29, 1.82) is 0 Å². The van der Waals surface area contributed by atoms with Gasteiger partial charge in [-0.2, -0.15) is 0 Å². The number of nitrogens with two attached hydrogens (primary N) is 1. The van der Waals surface area contributed by atoms with Gasteiger partial charge in [-0.15, -0.1) is 0 Å². The van der Waals surface area contributed by atoms with Gasteiger partial charge >= 0.3 is 11.9 Å². The third kappa shape index (κ3) is 4.33. The molecule has 1 aliphatic carbocycles. The van der Waals surface area contributed by atoms with Crippen LogP contribution in [-0.2, 0) is 14.4 Å². The van der Waals surface area contributed by atoms with Gasteiger partial charge in [-0.3, -0.25) is 14.4 Å². The van der Waals surface area contributed by atoms with Gasteiger partial charge in [0.25, 0.3) is 0 Å². The summed E-state index contributed by atoms with van der Waals surface area (Å²) in [5.74, 6) is -3.21. The van der Waals surface area contributed by atoms with Gasteiger partial charge in [0.15, 0.2) is 0 Å². The van der Waals surface area contributed by atoms with Crippen molar-refractivity contribution >= 4 is 17.8 Å². The van der Waals surface area contributed by atoms with Crippen molar-refractivity contribution in [1.82, 2.24) is 4.90 Å². The summed E-state index contributed by atoms with van der Waals surface area (Å²) in [6, 6.07) is -0.0655. The SMILES string of the molecule is NC1CCCC(C(=O)N(CC(=O)O)CC(=O)O)C1. The van der Waals surface area contributed by atoms with E-state index in [0.29, 0.717) is 12.8 Å². The Kier molecular flexibility index (Phi) is 5.08. The van der Waals surface area contributed by atoms with Crippen LogP contribution in [0.1, 0.15) is 25.7 Å². The van der Waals surface area contributed by atoms with Gasteiger partial charge in [0.1, 0.15) is 13.1 Å². The Morgan fingerprint density at radius 1 is 1.11 bits per heavy atom. The number of rotatable bonds is 5. The lowest BCUT2D eigenvalue weighted by Crippen LogP contribution is -2.45. The van der Waals surface area contributed by atoms with E-state index < -0.39 is 30.9 Å². The first kappa shape index (κ1) is 14.4. The second kappa shape index (κ2) is 6.34. The quantitative estimate of drug-likeness (QED) is 0.611. The highest BCUT2D eigenvalue weighted by Gasteiger charge is 2.30. The summed E-state index contributed by atoms with van der Waals surface area (Å²) < 4.78 is 0. The number of carbonyl (C=O) groups is 3. The monoisotopic (exact) mass is 258 g/mol. The molecule has 0 heterocycles. The van der Waals surface area contributed by atoms with Crippen LogP contribution in [0.4, 0.5) is 0 Å². The molecule has 7 nitrogen and oxygen atoms in total. The summed E-state index contributed by atoms with van der Waals surface area (Å²) in [6.45, 7) is -1.17. The molecule has 1 saturated carbocycles. The topological polar surface area (TPSA) is 121 Å². The van der Waals surface area contributed by atoms with E-state index in [1.807, 2.05) is 0 Å². The smallest absolute Gasteiger partial charge is 0.323 e. The van der Waals surface area contributed by atoms with Crippen molar-refractivity contribution in [2.75, 3.05) is 13.1 Å². The molecule has 0 aromatic heterocycles. The van der Waals surface area contributed by atoms with E-state index in [9.17, 15) is 14.4 Å². The summed E-state index contributed by atoms with van der Waals surface area (Å²) in [4.78, 5) is 34.2. The Hall–Kier alpha value is -1.63. The van der Waals surface area contributed by atoms with E-state index in [2.05, 4.69) is 0 Å². The molecule has 4 N–H and O–H groups in total. The van der Waals surface area contributed by atoms with Crippen LogP contribution in [0, 0.1) is 5.92 Å². The Bertz CT molecular complexity index is 328. The number of amides is 1. The molecule has 102 valence electrons. The fraction of sp³-hybridized carbons (Fsp3) is 0.727. The molecule has 0 spiro atoms. The average molecular weight is 258 g/mol. The second-order valence-electron chi connectivity index (χ2n) is 4.61. The summed E-state index contributed by atoms with van der Waals surface area (Å²) >= 11 is 0. The average Bonchev–Trinajstić information content (AvgIpc) is 2.26. The molecule has 0 radical (unpaired) electrons. The van der Waals surface area contributed by atoms with Crippen molar-refractivity contribution in [2.24, 2.45) is 11.7 Å². The van der Waals surface area contributed by atoms with E-state index in [0.717, 1.165) is 17.7 Å². The molecule has 0 aromatic carbocycles. The zero-order valence-electron chi connectivity index (χ0n) is 10.0. The highest BCUT2D eigenvalue weighted by molar-refractivity contribution is 5.86. The maximum absolute atomic E-state index is 12.1. The third-order valence-corrected chi connectivity index (χ3v) is 3.03. The number of nitrogens with zero attached hydrogens (tertiary/aromatic N) is 1. The maximum Gasteiger partial charge on any atom is 0.323 e. The van der Waals surface area contributed by atoms with Crippen LogP contribution < -0.4 is 5.73 Å². The van der Waals surface area contributed by atoms with Crippen molar-refractivity contribution in [3.8, 4) is 0 Å². The largest absolute Gasteiger partial charge is 0.480 e. The fourth-order valence-electron chi connectivity index (χ4n) is 2.25. The first-order chi connectivity index (χ1) is 8.40. The summed E-state index contributed by atoms with van der Waals surface area (Å²) in [6.07, 6.45) is 2.80. The molecule has 2 unspecified atom stereocenters. The number of carboxylic acid groups (broad SMARTS) is 2. The van der Waals surface area contributed by atoms with Crippen LogP contribution in [0.25, 0.3) is 0 Å². The van der Waals surface area contributed by atoms with Crippen molar-refractivity contribution in [2.45, 2.75) is 31.7 Å². The molecular weight excluding hydrogens is 240 g/mol. The van der Waals surface area contributed by atoms with Crippen LogP contribution in [0.5, 0.6) is 0 Å². The highest BCUT2D eigenvalue weighted by atomic mass is 16.4. The first-order valence-corrected chi connectivity index (χ1v) is 5.88. The lowest BCUT2D eigenvalue weighted by Gasteiger charge is -2.29. The van der Waals surface area contributed by atoms with Crippen LogP contribution in [0.15, 0.2) is 0 Å².